The third-order valence-corrected chi connectivity index (χ3v) is 3.80. The molecule has 3 rings (SSSR count). The van der Waals surface area contributed by atoms with Crippen molar-refractivity contribution in [3.05, 3.63) is 31.6 Å². The van der Waals surface area contributed by atoms with E-state index in [0.717, 1.165) is 4.68 Å². The molecule has 0 aliphatic carbocycles. The minimum absolute atomic E-state index is 0.0174. The van der Waals surface area contributed by atoms with Crippen molar-refractivity contribution in [1.29, 1.82) is 0 Å². The second-order valence-electron chi connectivity index (χ2n) is 4.75. The fourth-order valence-corrected chi connectivity index (χ4v) is 2.58. The highest BCUT2D eigenvalue weighted by atomic mass is 79.9. The lowest BCUT2D eigenvalue weighted by atomic mass is 10.1. The van der Waals surface area contributed by atoms with Gasteiger partial charge in [-0.2, -0.15) is 0 Å². The molecule has 4 atom stereocenters. The molecule has 2 aromatic heterocycles. The summed E-state index contributed by atoms with van der Waals surface area (Å²) in [5, 5.41) is 31.0. The molecule has 0 aromatic carbocycles. The first kappa shape index (κ1) is 15.2. The molecule has 1 aliphatic rings. The summed E-state index contributed by atoms with van der Waals surface area (Å²) in [6.45, 7) is -0.547. The van der Waals surface area contributed by atoms with Gasteiger partial charge in [0.1, 0.15) is 23.8 Å². The van der Waals surface area contributed by atoms with Gasteiger partial charge in [0.25, 0.3) is 11.1 Å². The number of fused-ring (bicyclic) bond motifs is 1. The zero-order valence-corrected chi connectivity index (χ0v) is 12.5. The number of rotatable bonds is 2. The van der Waals surface area contributed by atoms with Gasteiger partial charge < -0.3 is 20.1 Å². The molecule has 0 unspecified atom stereocenters. The van der Waals surface area contributed by atoms with Crippen molar-refractivity contribution >= 4 is 26.8 Å². The van der Waals surface area contributed by atoms with Crippen LogP contribution >= 0.6 is 15.9 Å². The molecule has 0 bridgehead atoms. The SMILES string of the molecule is O=c1[nH]n([C@@H]2O[C@H](CO)[C@@H](O)[C@H]2O)c(=O)c2nc(Br)ncc12. The van der Waals surface area contributed by atoms with Crippen LogP contribution in [0.25, 0.3) is 10.9 Å². The van der Waals surface area contributed by atoms with Crippen molar-refractivity contribution in [2.24, 2.45) is 0 Å². The van der Waals surface area contributed by atoms with E-state index in [2.05, 4.69) is 31.0 Å². The van der Waals surface area contributed by atoms with Crippen LogP contribution in [0.2, 0.25) is 0 Å². The van der Waals surface area contributed by atoms with Gasteiger partial charge in [-0.3, -0.25) is 14.7 Å². The maximum Gasteiger partial charge on any atom is 0.294 e. The first-order valence-corrected chi connectivity index (χ1v) is 7.03. The van der Waals surface area contributed by atoms with Crippen molar-refractivity contribution in [2.45, 2.75) is 24.5 Å². The molecule has 4 N–H and O–H groups in total. The number of aliphatic hydroxyl groups is 3. The molecule has 1 aliphatic heterocycles. The number of nitrogens with zero attached hydrogens (tertiary/aromatic N) is 3. The highest BCUT2D eigenvalue weighted by Crippen LogP contribution is 2.27. The molecular formula is C11H11BrN4O6. The van der Waals surface area contributed by atoms with E-state index < -0.39 is 42.3 Å². The summed E-state index contributed by atoms with van der Waals surface area (Å²) in [7, 11) is 0. The van der Waals surface area contributed by atoms with Crippen LogP contribution in [0, 0.1) is 0 Å². The van der Waals surface area contributed by atoms with Crippen molar-refractivity contribution in [1.82, 2.24) is 19.7 Å². The van der Waals surface area contributed by atoms with E-state index >= 15 is 0 Å². The zero-order valence-electron chi connectivity index (χ0n) is 10.9. The Kier molecular flexibility index (Phi) is 3.82. The lowest BCUT2D eigenvalue weighted by Gasteiger charge is -2.17. The van der Waals surface area contributed by atoms with Crippen LogP contribution in [0.3, 0.4) is 0 Å². The molecule has 0 amide bonds. The van der Waals surface area contributed by atoms with Gasteiger partial charge in [0.2, 0.25) is 0 Å². The van der Waals surface area contributed by atoms with Gasteiger partial charge in [-0.05, 0) is 15.9 Å². The van der Waals surface area contributed by atoms with Crippen molar-refractivity contribution in [3.63, 3.8) is 0 Å². The molecule has 0 radical (unpaired) electrons. The summed E-state index contributed by atoms with van der Waals surface area (Å²) in [5.41, 5.74) is -1.55. The van der Waals surface area contributed by atoms with Gasteiger partial charge in [0.15, 0.2) is 11.0 Å². The molecule has 11 heteroatoms. The van der Waals surface area contributed by atoms with Gasteiger partial charge in [0, 0.05) is 6.20 Å². The normalized spacial score (nSPS) is 28.4. The summed E-state index contributed by atoms with van der Waals surface area (Å²) in [6, 6.07) is 0. The molecule has 1 saturated heterocycles. The van der Waals surface area contributed by atoms with Crippen LogP contribution < -0.4 is 11.1 Å². The summed E-state index contributed by atoms with van der Waals surface area (Å²) >= 11 is 3.01. The first-order valence-electron chi connectivity index (χ1n) is 6.23. The predicted molar refractivity (Wildman–Crippen MR) is 75.1 cm³/mol. The van der Waals surface area contributed by atoms with Crippen molar-refractivity contribution < 1.29 is 20.1 Å². The minimum atomic E-state index is -1.49. The molecular weight excluding hydrogens is 364 g/mol. The fraction of sp³-hybridized carbons (Fsp3) is 0.455. The number of halogens is 1. The Hall–Kier alpha value is -1.66. The third-order valence-electron chi connectivity index (χ3n) is 3.42. The Labute approximate surface area is 130 Å². The molecule has 22 heavy (non-hydrogen) atoms. The van der Waals surface area contributed by atoms with Gasteiger partial charge in [-0.1, -0.05) is 0 Å². The van der Waals surface area contributed by atoms with E-state index in [1.165, 1.54) is 6.20 Å². The highest BCUT2D eigenvalue weighted by molar-refractivity contribution is 9.10. The number of nitrogens with one attached hydrogen (secondary N) is 1. The largest absolute Gasteiger partial charge is 0.394 e. The summed E-state index contributed by atoms with van der Waals surface area (Å²) in [4.78, 5) is 32.0. The lowest BCUT2D eigenvalue weighted by molar-refractivity contribution is -0.0610. The van der Waals surface area contributed by atoms with Crippen molar-refractivity contribution in [2.75, 3.05) is 6.61 Å². The zero-order chi connectivity index (χ0) is 16.0. The monoisotopic (exact) mass is 374 g/mol. The quantitative estimate of drug-likeness (QED) is 0.434. The number of ether oxygens (including phenoxy) is 1. The van der Waals surface area contributed by atoms with Gasteiger partial charge in [-0.25, -0.2) is 14.6 Å². The summed E-state index contributed by atoms with van der Waals surface area (Å²) < 4.78 is 6.09. The second kappa shape index (κ2) is 5.52. The Bertz CT molecular complexity index is 835. The highest BCUT2D eigenvalue weighted by Gasteiger charge is 2.44. The van der Waals surface area contributed by atoms with Crippen molar-refractivity contribution in [3.8, 4) is 0 Å². The van der Waals surface area contributed by atoms with Gasteiger partial charge in [0.05, 0.1) is 12.0 Å². The number of hydrogen-bond acceptors (Lipinski definition) is 8. The van der Waals surface area contributed by atoms with Crippen LogP contribution in [0.5, 0.6) is 0 Å². The molecule has 0 saturated carbocycles. The Morgan fingerprint density at radius 1 is 1.36 bits per heavy atom. The third kappa shape index (κ3) is 2.27. The Morgan fingerprint density at radius 3 is 2.73 bits per heavy atom. The van der Waals surface area contributed by atoms with Crippen LogP contribution in [0.15, 0.2) is 20.5 Å². The Morgan fingerprint density at radius 2 is 2.09 bits per heavy atom. The predicted octanol–water partition coefficient (Wildman–Crippen LogP) is -2.15. The second-order valence-corrected chi connectivity index (χ2v) is 5.46. The Balaban J connectivity index is 2.18. The molecule has 0 spiro atoms. The van der Waals surface area contributed by atoms with E-state index in [-0.39, 0.29) is 15.6 Å². The van der Waals surface area contributed by atoms with E-state index in [1.54, 1.807) is 0 Å². The lowest BCUT2D eigenvalue weighted by Crippen LogP contribution is -2.39. The average molecular weight is 375 g/mol. The van der Waals surface area contributed by atoms with Crippen LogP contribution in [-0.2, 0) is 4.74 Å². The van der Waals surface area contributed by atoms with Gasteiger partial charge >= 0.3 is 0 Å². The molecule has 118 valence electrons. The van der Waals surface area contributed by atoms with Gasteiger partial charge in [-0.15, -0.1) is 0 Å². The van der Waals surface area contributed by atoms with E-state index in [9.17, 15) is 19.8 Å². The molecule has 2 aromatic rings. The summed E-state index contributed by atoms with van der Waals surface area (Å²) in [6.07, 6.45) is -4.10. The first-order chi connectivity index (χ1) is 10.4. The summed E-state index contributed by atoms with van der Waals surface area (Å²) in [5.74, 6) is 0. The number of H-pyrrole nitrogens is 1. The maximum absolute atomic E-state index is 12.4. The van der Waals surface area contributed by atoms with E-state index in [1.807, 2.05) is 0 Å². The van der Waals surface area contributed by atoms with E-state index in [0.29, 0.717) is 0 Å². The molecule has 10 nitrogen and oxygen atoms in total. The fourth-order valence-electron chi connectivity index (χ4n) is 2.30. The number of aromatic amines is 1. The smallest absolute Gasteiger partial charge is 0.294 e. The minimum Gasteiger partial charge on any atom is -0.394 e. The topological polar surface area (TPSA) is 151 Å². The maximum atomic E-state index is 12.4. The molecule has 3 heterocycles. The van der Waals surface area contributed by atoms with Crippen LogP contribution in [-0.4, -0.2) is 60.0 Å². The van der Waals surface area contributed by atoms with Crippen LogP contribution in [0.1, 0.15) is 6.23 Å². The average Bonchev–Trinajstić information content (AvgIpc) is 2.78. The number of hydrogen-bond donors (Lipinski definition) is 4. The number of aliphatic hydroxyl groups excluding tert-OH is 3. The molecule has 1 fully saturated rings. The number of aromatic nitrogens is 4. The van der Waals surface area contributed by atoms with E-state index in [4.69, 9.17) is 9.84 Å². The van der Waals surface area contributed by atoms with Crippen LogP contribution in [0.4, 0.5) is 0 Å². The standard InChI is InChI=1S/C11H11BrN4O6/c12-11-13-1-3-5(14-11)9(21)16(15-8(3)20)10-7(19)6(18)4(2-17)22-10/h1,4,6-7,10,17-19H,2H2,(H,15,20)/t4-,6-,7-,10-/m1/s1.